The van der Waals surface area contributed by atoms with E-state index in [9.17, 15) is 4.79 Å². The summed E-state index contributed by atoms with van der Waals surface area (Å²) in [5.41, 5.74) is 0.0237. The lowest BCUT2D eigenvalue weighted by atomic mass is 9.95. The Hall–Kier alpha value is -0.280. The minimum atomic E-state index is 0. The quantitative estimate of drug-likeness (QED) is 0.822. The fourth-order valence-corrected chi connectivity index (χ4v) is 2.41. The van der Waals surface area contributed by atoms with Gasteiger partial charge in [-0.2, -0.15) is 0 Å². The summed E-state index contributed by atoms with van der Waals surface area (Å²) in [4.78, 5) is 14.1. The molecule has 0 aromatic carbocycles. The van der Waals surface area contributed by atoms with Crippen molar-refractivity contribution in [2.75, 3.05) is 26.7 Å². The predicted molar refractivity (Wildman–Crippen MR) is 67.8 cm³/mol. The van der Waals surface area contributed by atoms with Crippen LogP contribution in [0, 0.1) is 11.3 Å². The maximum absolute atomic E-state index is 12.1. The van der Waals surface area contributed by atoms with Crippen LogP contribution in [0.15, 0.2) is 0 Å². The van der Waals surface area contributed by atoms with Gasteiger partial charge in [0.05, 0.1) is 0 Å². The molecule has 94 valence electrons. The van der Waals surface area contributed by atoms with E-state index in [1.165, 1.54) is 12.8 Å². The Labute approximate surface area is 104 Å². The molecule has 0 atom stereocenters. The number of halogens is 1. The molecule has 2 fully saturated rings. The van der Waals surface area contributed by atoms with E-state index < -0.39 is 0 Å². The normalized spacial score (nSPS) is 23.8. The summed E-state index contributed by atoms with van der Waals surface area (Å²) >= 11 is 0. The lowest BCUT2D eigenvalue weighted by Gasteiger charge is -2.33. The van der Waals surface area contributed by atoms with Gasteiger partial charge in [-0.3, -0.25) is 4.79 Å². The molecule has 1 amide bonds. The first-order valence-electron chi connectivity index (χ1n) is 6.10. The minimum Gasteiger partial charge on any atom is -0.342 e. The van der Waals surface area contributed by atoms with Crippen LogP contribution in [0.2, 0.25) is 0 Å². The highest BCUT2D eigenvalue weighted by Gasteiger charge is 2.47. The number of carbonyl (C=O) groups is 1. The molecule has 1 saturated heterocycles. The summed E-state index contributed by atoms with van der Waals surface area (Å²) in [6.45, 7) is 5.15. The maximum Gasteiger partial charge on any atom is 0.228 e. The van der Waals surface area contributed by atoms with Crippen molar-refractivity contribution < 1.29 is 4.79 Å². The summed E-state index contributed by atoms with van der Waals surface area (Å²) in [5.74, 6) is 1.18. The molecule has 0 radical (unpaired) electrons. The number of likely N-dealkylation sites (tertiary alicyclic amines) is 1. The number of hydrogen-bond donors (Lipinski definition) is 1. The Morgan fingerprint density at radius 1 is 1.38 bits per heavy atom. The van der Waals surface area contributed by atoms with Crippen LogP contribution in [0.5, 0.6) is 0 Å². The molecule has 0 aromatic rings. The van der Waals surface area contributed by atoms with Crippen LogP contribution in [0.3, 0.4) is 0 Å². The molecule has 0 aromatic heterocycles. The number of carbonyl (C=O) groups excluding carboxylic acids is 1. The van der Waals surface area contributed by atoms with Gasteiger partial charge >= 0.3 is 0 Å². The van der Waals surface area contributed by atoms with Crippen LogP contribution in [0.4, 0.5) is 0 Å². The zero-order valence-corrected chi connectivity index (χ0v) is 11.1. The molecule has 1 aliphatic carbocycles. The van der Waals surface area contributed by atoms with Gasteiger partial charge in [0.1, 0.15) is 0 Å². The van der Waals surface area contributed by atoms with Crippen molar-refractivity contribution in [3.63, 3.8) is 0 Å². The molecule has 0 bridgehead atoms. The van der Waals surface area contributed by atoms with Gasteiger partial charge in [0.25, 0.3) is 0 Å². The van der Waals surface area contributed by atoms with E-state index in [0.29, 0.717) is 5.91 Å². The van der Waals surface area contributed by atoms with E-state index in [0.717, 1.165) is 38.4 Å². The summed E-state index contributed by atoms with van der Waals surface area (Å²) in [6, 6.07) is 0. The lowest BCUT2D eigenvalue weighted by molar-refractivity contribution is -0.137. The van der Waals surface area contributed by atoms with Crippen molar-refractivity contribution in [3.05, 3.63) is 0 Å². The fraction of sp³-hybridized carbons (Fsp3) is 0.917. The van der Waals surface area contributed by atoms with Crippen LogP contribution in [-0.2, 0) is 4.79 Å². The monoisotopic (exact) mass is 246 g/mol. The Kier molecular flexibility index (Phi) is 4.62. The Bertz CT molecular complexity index is 245. The zero-order valence-electron chi connectivity index (χ0n) is 10.3. The van der Waals surface area contributed by atoms with Crippen LogP contribution in [0.1, 0.15) is 32.6 Å². The van der Waals surface area contributed by atoms with Crippen molar-refractivity contribution in [3.8, 4) is 0 Å². The molecule has 4 heteroatoms. The molecule has 16 heavy (non-hydrogen) atoms. The molecule has 3 nitrogen and oxygen atoms in total. The first-order valence-corrected chi connectivity index (χ1v) is 6.10. The van der Waals surface area contributed by atoms with Gasteiger partial charge < -0.3 is 10.2 Å². The van der Waals surface area contributed by atoms with E-state index in [2.05, 4.69) is 17.1 Å². The first kappa shape index (κ1) is 13.8. The molecule has 2 rings (SSSR count). The number of nitrogens with one attached hydrogen (secondary N) is 1. The largest absolute Gasteiger partial charge is 0.342 e. The summed E-state index contributed by atoms with van der Waals surface area (Å²) in [5, 5.41) is 3.22. The molecule has 2 aliphatic rings. The van der Waals surface area contributed by atoms with Gasteiger partial charge in [0.15, 0.2) is 0 Å². The SMILES string of the molecule is CNCC1CCN(C(=O)C2(C)CC2)CC1.Cl. The second kappa shape index (κ2) is 5.37. The standard InChI is InChI=1S/C12H22N2O.ClH/c1-12(5-6-12)11(15)14-7-3-10(4-8-14)9-13-2;/h10,13H,3-9H2,1-2H3;1H. The Balaban J connectivity index is 0.00000128. The minimum absolute atomic E-state index is 0. The summed E-state index contributed by atoms with van der Waals surface area (Å²) in [6.07, 6.45) is 4.54. The highest BCUT2D eigenvalue weighted by Crippen LogP contribution is 2.46. The number of amides is 1. The van der Waals surface area contributed by atoms with Crippen molar-refractivity contribution >= 4 is 18.3 Å². The molecule has 0 unspecified atom stereocenters. The molecule has 1 N–H and O–H groups in total. The van der Waals surface area contributed by atoms with Crippen LogP contribution in [-0.4, -0.2) is 37.5 Å². The van der Waals surface area contributed by atoms with Gasteiger partial charge in [0, 0.05) is 18.5 Å². The summed E-state index contributed by atoms with van der Waals surface area (Å²) in [7, 11) is 2.00. The van der Waals surface area contributed by atoms with Crippen LogP contribution < -0.4 is 5.32 Å². The maximum atomic E-state index is 12.1. The third-order valence-corrected chi connectivity index (χ3v) is 3.91. The van der Waals surface area contributed by atoms with Crippen molar-refractivity contribution in [1.29, 1.82) is 0 Å². The average Bonchev–Trinajstić information content (AvgIpc) is 2.99. The first-order chi connectivity index (χ1) is 7.15. The van der Waals surface area contributed by atoms with Gasteiger partial charge in [-0.15, -0.1) is 12.4 Å². The molecular formula is C12H23ClN2O. The van der Waals surface area contributed by atoms with Crippen LogP contribution >= 0.6 is 12.4 Å². The lowest BCUT2D eigenvalue weighted by Crippen LogP contribution is -2.43. The number of nitrogens with zero attached hydrogens (tertiary/aromatic N) is 1. The predicted octanol–water partition coefficient (Wildman–Crippen LogP) is 1.67. The van der Waals surface area contributed by atoms with E-state index >= 15 is 0 Å². The molecule has 1 saturated carbocycles. The van der Waals surface area contributed by atoms with Gasteiger partial charge in [0.2, 0.25) is 5.91 Å². The van der Waals surface area contributed by atoms with Gasteiger partial charge in [-0.25, -0.2) is 0 Å². The fourth-order valence-electron chi connectivity index (χ4n) is 2.41. The Morgan fingerprint density at radius 3 is 2.38 bits per heavy atom. The third kappa shape index (κ3) is 2.89. The number of rotatable bonds is 3. The van der Waals surface area contributed by atoms with Gasteiger partial charge in [-0.1, -0.05) is 6.92 Å². The molecule has 1 aliphatic heterocycles. The number of hydrogen-bond acceptors (Lipinski definition) is 2. The van der Waals surface area contributed by atoms with E-state index in [-0.39, 0.29) is 17.8 Å². The van der Waals surface area contributed by atoms with E-state index in [1.54, 1.807) is 0 Å². The zero-order chi connectivity index (χ0) is 10.9. The van der Waals surface area contributed by atoms with E-state index in [1.807, 2.05) is 7.05 Å². The highest BCUT2D eigenvalue weighted by molar-refractivity contribution is 5.85. The molecule has 1 heterocycles. The molecular weight excluding hydrogens is 224 g/mol. The average molecular weight is 247 g/mol. The second-order valence-electron chi connectivity index (χ2n) is 5.35. The van der Waals surface area contributed by atoms with Crippen molar-refractivity contribution in [2.24, 2.45) is 11.3 Å². The topological polar surface area (TPSA) is 32.3 Å². The van der Waals surface area contributed by atoms with Crippen LogP contribution in [0.25, 0.3) is 0 Å². The van der Waals surface area contributed by atoms with Gasteiger partial charge in [-0.05, 0) is 45.2 Å². The third-order valence-electron chi connectivity index (χ3n) is 3.91. The second-order valence-corrected chi connectivity index (χ2v) is 5.35. The molecule has 0 spiro atoms. The Morgan fingerprint density at radius 2 is 1.94 bits per heavy atom. The van der Waals surface area contributed by atoms with Crippen molar-refractivity contribution in [1.82, 2.24) is 10.2 Å². The number of piperidine rings is 1. The van der Waals surface area contributed by atoms with E-state index in [4.69, 9.17) is 0 Å². The highest BCUT2D eigenvalue weighted by atomic mass is 35.5. The smallest absolute Gasteiger partial charge is 0.228 e. The summed E-state index contributed by atoms with van der Waals surface area (Å²) < 4.78 is 0. The van der Waals surface area contributed by atoms with Crippen molar-refractivity contribution in [2.45, 2.75) is 32.6 Å².